The van der Waals surface area contributed by atoms with Crippen molar-refractivity contribution in [1.29, 1.82) is 0 Å². The van der Waals surface area contributed by atoms with Gasteiger partial charge in [0, 0.05) is 10.7 Å². The van der Waals surface area contributed by atoms with Crippen molar-refractivity contribution in [3.05, 3.63) is 53.1 Å². The third kappa shape index (κ3) is 3.37. The van der Waals surface area contributed by atoms with Gasteiger partial charge in [-0.3, -0.25) is 5.32 Å². The van der Waals surface area contributed by atoms with Gasteiger partial charge in [-0.2, -0.15) is 0 Å². The van der Waals surface area contributed by atoms with Crippen molar-refractivity contribution in [2.75, 3.05) is 10.6 Å². The Morgan fingerprint density at radius 3 is 2.86 bits per heavy atom. The minimum absolute atomic E-state index is 0.336. The second kappa shape index (κ2) is 6.34. The van der Waals surface area contributed by atoms with Crippen LogP contribution in [0.25, 0.3) is 10.2 Å². The Morgan fingerprint density at radius 1 is 1.23 bits per heavy atom. The number of thiazole rings is 1. The second-order valence-corrected chi connectivity index (χ2v) is 6.23. The second-order valence-electron chi connectivity index (χ2n) is 4.76. The van der Waals surface area contributed by atoms with E-state index in [0.29, 0.717) is 15.8 Å². The molecule has 22 heavy (non-hydrogen) atoms. The van der Waals surface area contributed by atoms with Gasteiger partial charge in [0.2, 0.25) is 0 Å². The number of hydrogen-bond acceptors (Lipinski definition) is 3. The Kier molecular flexibility index (Phi) is 4.27. The normalized spacial score (nSPS) is 10.6. The quantitative estimate of drug-likeness (QED) is 0.696. The highest BCUT2D eigenvalue weighted by molar-refractivity contribution is 7.22. The summed E-state index contributed by atoms with van der Waals surface area (Å²) in [6, 6.07) is 12.8. The van der Waals surface area contributed by atoms with Crippen molar-refractivity contribution in [3.63, 3.8) is 0 Å². The van der Waals surface area contributed by atoms with Crippen LogP contribution in [-0.4, -0.2) is 11.0 Å². The van der Waals surface area contributed by atoms with Crippen molar-refractivity contribution >= 4 is 50.0 Å². The minimum Gasteiger partial charge on any atom is -0.308 e. The molecule has 0 fully saturated rings. The number of hydrogen-bond donors (Lipinski definition) is 2. The highest BCUT2D eigenvalue weighted by Crippen LogP contribution is 2.27. The Balaban J connectivity index is 1.73. The van der Waals surface area contributed by atoms with Gasteiger partial charge < -0.3 is 5.32 Å². The zero-order valence-electron chi connectivity index (χ0n) is 11.9. The van der Waals surface area contributed by atoms with Crippen LogP contribution < -0.4 is 10.6 Å². The van der Waals surface area contributed by atoms with Crippen LogP contribution in [0.15, 0.2) is 42.5 Å². The molecule has 0 radical (unpaired) electrons. The number of halogens is 1. The Morgan fingerprint density at radius 2 is 2.09 bits per heavy atom. The van der Waals surface area contributed by atoms with Crippen molar-refractivity contribution in [2.45, 2.75) is 13.3 Å². The van der Waals surface area contributed by atoms with Crippen molar-refractivity contribution in [3.8, 4) is 0 Å². The maximum Gasteiger partial charge on any atom is 0.325 e. The van der Waals surface area contributed by atoms with Gasteiger partial charge in [0.05, 0.1) is 10.2 Å². The number of aryl methyl sites for hydroxylation is 1. The summed E-state index contributed by atoms with van der Waals surface area (Å²) in [4.78, 5) is 16.4. The number of benzene rings is 2. The number of nitrogens with zero attached hydrogens (tertiary/aromatic N) is 1. The first-order valence-corrected chi connectivity index (χ1v) is 8.06. The first kappa shape index (κ1) is 14.8. The van der Waals surface area contributed by atoms with Gasteiger partial charge in [0.15, 0.2) is 5.13 Å². The number of aromatic nitrogens is 1. The van der Waals surface area contributed by atoms with Gasteiger partial charge in [-0.15, -0.1) is 0 Å². The van der Waals surface area contributed by atoms with E-state index in [2.05, 4.69) is 34.7 Å². The number of carbonyl (C=O) groups excluding carboxylic acids is 1. The molecule has 0 aliphatic carbocycles. The van der Waals surface area contributed by atoms with Gasteiger partial charge >= 0.3 is 6.03 Å². The summed E-state index contributed by atoms with van der Waals surface area (Å²) in [5.74, 6) is 0. The standard InChI is InChI=1S/C16H14ClN3OS/c1-2-10-6-7-13-14(8-10)22-16(19-13)20-15(21)18-12-5-3-4-11(17)9-12/h3-9H,2H2,1H3,(H2,18,19,20,21). The Labute approximate surface area is 137 Å². The van der Waals surface area contributed by atoms with Crippen LogP contribution in [0.3, 0.4) is 0 Å². The summed E-state index contributed by atoms with van der Waals surface area (Å²) >= 11 is 7.35. The number of anilines is 2. The molecule has 3 rings (SSSR count). The van der Waals surface area contributed by atoms with E-state index in [1.165, 1.54) is 16.9 Å². The lowest BCUT2D eigenvalue weighted by Crippen LogP contribution is -2.19. The van der Waals surface area contributed by atoms with E-state index in [1.807, 2.05) is 6.07 Å². The van der Waals surface area contributed by atoms with Crippen LogP contribution in [0.4, 0.5) is 15.6 Å². The largest absolute Gasteiger partial charge is 0.325 e. The zero-order valence-corrected chi connectivity index (χ0v) is 13.5. The molecule has 2 N–H and O–H groups in total. The smallest absolute Gasteiger partial charge is 0.308 e. The minimum atomic E-state index is -0.336. The van der Waals surface area contributed by atoms with Gasteiger partial charge in [0.25, 0.3) is 0 Å². The Hall–Kier alpha value is -2.11. The lowest BCUT2D eigenvalue weighted by Gasteiger charge is -2.05. The van der Waals surface area contributed by atoms with Crippen LogP contribution >= 0.6 is 22.9 Å². The van der Waals surface area contributed by atoms with Crippen LogP contribution in [-0.2, 0) is 6.42 Å². The highest BCUT2D eigenvalue weighted by atomic mass is 35.5. The molecular formula is C16H14ClN3OS. The summed E-state index contributed by atoms with van der Waals surface area (Å²) < 4.78 is 1.07. The molecule has 0 aliphatic heterocycles. The van der Waals surface area contributed by atoms with Crippen molar-refractivity contribution in [1.82, 2.24) is 4.98 Å². The molecule has 0 saturated heterocycles. The summed E-state index contributed by atoms with van der Waals surface area (Å²) in [7, 11) is 0. The predicted molar refractivity (Wildman–Crippen MR) is 93.1 cm³/mol. The fourth-order valence-corrected chi connectivity index (χ4v) is 3.18. The molecule has 112 valence electrons. The third-order valence-corrected chi connectivity index (χ3v) is 4.33. The molecule has 0 saturated carbocycles. The van der Waals surface area contributed by atoms with Crippen LogP contribution in [0.1, 0.15) is 12.5 Å². The van der Waals surface area contributed by atoms with Crippen LogP contribution in [0, 0.1) is 0 Å². The number of urea groups is 1. The van der Waals surface area contributed by atoms with E-state index in [9.17, 15) is 4.79 Å². The molecule has 0 atom stereocenters. The monoisotopic (exact) mass is 331 g/mol. The third-order valence-electron chi connectivity index (χ3n) is 3.16. The zero-order chi connectivity index (χ0) is 15.5. The number of nitrogens with one attached hydrogen (secondary N) is 2. The fraction of sp³-hybridized carbons (Fsp3) is 0.125. The number of carbonyl (C=O) groups is 1. The van der Waals surface area contributed by atoms with Gasteiger partial charge in [-0.1, -0.05) is 42.0 Å². The number of fused-ring (bicyclic) bond motifs is 1. The summed E-state index contributed by atoms with van der Waals surface area (Å²) in [6.45, 7) is 2.11. The number of amides is 2. The van der Waals surface area contributed by atoms with E-state index in [1.54, 1.807) is 24.3 Å². The van der Waals surface area contributed by atoms with Gasteiger partial charge in [-0.05, 0) is 42.3 Å². The lowest BCUT2D eigenvalue weighted by molar-refractivity contribution is 0.262. The van der Waals surface area contributed by atoms with E-state index >= 15 is 0 Å². The molecule has 2 amide bonds. The average Bonchev–Trinajstić information content (AvgIpc) is 2.87. The first-order chi connectivity index (χ1) is 10.6. The van der Waals surface area contributed by atoms with Crippen LogP contribution in [0.2, 0.25) is 5.02 Å². The molecule has 1 heterocycles. The lowest BCUT2D eigenvalue weighted by atomic mass is 10.2. The molecule has 3 aromatic rings. The summed E-state index contributed by atoms with van der Waals surface area (Å²) in [5.41, 5.74) is 2.78. The van der Waals surface area contributed by atoms with Crippen LogP contribution in [0.5, 0.6) is 0 Å². The molecule has 0 spiro atoms. The summed E-state index contributed by atoms with van der Waals surface area (Å²) in [6.07, 6.45) is 0.978. The maximum absolute atomic E-state index is 12.0. The average molecular weight is 332 g/mol. The molecule has 2 aromatic carbocycles. The maximum atomic E-state index is 12.0. The first-order valence-electron chi connectivity index (χ1n) is 6.87. The highest BCUT2D eigenvalue weighted by Gasteiger charge is 2.08. The number of rotatable bonds is 3. The van der Waals surface area contributed by atoms with Gasteiger partial charge in [-0.25, -0.2) is 9.78 Å². The predicted octanol–water partition coefficient (Wildman–Crippen LogP) is 5.16. The molecule has 0 unspecified atom stereocenters. The van der Waals surface area contributed by atoms with Crippen molar-refractivity contribution < 1.29 is 4.79 Å². The van der Waals surface area contributed by atoms with Gasteiger partial charge in [0.1, 0.15) is 0 Å². The molecule has 0 aliphatic rings. The fourth-order valence-electron chi connectivity index (χ4n) is 2.07. The molecule has 1 aromatic heterocycles. The van der Waals surface area contributed by atoms with E-state index < -0.39 is 0 Å². The molecular weight excluding hydrogens is 318 g/mol. The SMILES string of the molecule is CCc1ccc2nc(NC(=O)Nc3cccc(Cl)c3)sc2c1. The van der Waals surface area contributed by atoms with E-state index in [0.717, 1.165) is 16.6 Å². The molecule has 0 bridgehead atoms. The van der Waals surface area contributed by atoms with E-state index in [-0.39, 0.29) is 6.03 Å². The molecule has 4 nitrogen and oxygen atoms in total. The molecule has 6 heteroatoms. The van der Waals surface area contributed by atoms with E-state index in [4.69, 9.17) is 11.6 Å². The Bertz CT molecular complexity index is 831. The summed E-state index contributed by atoms with van der Waals surface area (Å²) in [5, 5.41) is 6.63. The topological polar surface area (TPSA) is 54.0 Å². The van der Waals surface area contributed by atoms with Crippen molar-refractivity contribution in [2.24, 2.45) is 0 Å².